The molecule has 0 unspecified atom stereocenters. The number of fused-ring (bicyclic) bond motifs is 1. The van der Waals surface area contributed by atoms with Gasteiger partial charge in [0, 0.05) is 35.3 Å². The summed E-state index contributed by atoms with van der Waals surface area (Å²) >= 11 is 1.37. The molecule has 0 radical (unpaired) electrons. The number of para-hydroxylation sites is 2. The van der Waals surface area contributed by atoms with Gasteiger partial charge in [0.1, 0.15) is 11.6 Å². The summed E-state index contributed by atoms with van der Waals surface area (Å²) in [6.45, 7) is 4.47. The Hall–Kier alpha value is -4.27. The van der Waals surface area contributed by atoms with Crippen LogP contribution < -0.4 is 11.1 Å². The molecule has 10 nitrogen and oxygen atoms in total. The SMILES string of the molecule is CC(C)(N)/C=C(\C#N)C(=O)N1CCC[C@H]1Cn1c(NC(=O)c2ccc(-c3cn[nH]c3)s2)nc2ccccc21. The second-order valence-corrected chi connectivity index (χ2v) is 11.0. The molecule has 4 N–H and O–H groups in total. The van der Waals surface area contributed by atoms with Crippen LogP contribution in [-0.4, -0.2) is 54.6 Å². The largest absolute Gasteiger partial charge is 0.333 e. The molecule has 38 heavy (non-hydrogen) atoms. The Kier molecular flexibility index (Phi) is 6.84. The molecule has 0 aliphatic carbocycles. The van der Waals surface area contributed by atoms with Crippen molar-refractivity contribution in [3.63, 3.8) is 0 Å². The molecule has 1 fully saturated rings. The minimum Gasteiger partial charge on any atom is -0.333 e. The maximum atomic E-state index is 13.3. The van der Waals surface area contributed by atoms with Crippen LogP contribution in [0.5, 0.6) is 0 Å². The minimum atomic E-state index is -0.785. The highest BCUT2D eigenvalue weighted by Crippen LogP contribution is 2.29. The highest BCUT2D eigenvalue weighted by Gasteiger charge is 2.32. The first-order valence-electron chi connectivity index (χ1n) is 12.3. The third kappa shape index (κ3) is 5.22. The zero-order valence-electron chi connectivity index (χ0n) is 21.1. The van der Waals surface area contributed by atoms with Crippen molar-refractivity contribution in [3.05, 3.63) is 65.3 Å². The number of aromatic nitrogens is 4. The number of imidazole rings is 1. The number of carbonyl (C=O) groups excluding carboxylic acids is 2. The number of rotatable bonds is 7. The zero-order chi connectivity index (χ0) is 26.9. The molecule has 2 amide bonds. The monoisotopic (exact) mass is 528 g/mol. The number of benzene rings is 1. The van der Waals surface area contributed by atoms with Crippen molar-refractivity contribution in [1.82, 2.24) is 24.6 Å². The van der Waals surface area contributed by atoms with Crippen molar-refractivity contribution < 1.29 is 9.59 Å². The average Bonchev–Trinajstić information content (AvgIpc) is 3.69. The van der Waals surface area contributed by atoms with Crippen LogP contribution in [0.4, 0.5) is 5.95 Å². The van der Waals surface area contributed by atoms with Crippen LogP contribution in [0.3, 0.4) is 0 Å². The number of carbonyl (C=O) groups is 2. The van der Waals surface area contributed by atoms with Gasteiger partial charge in [-0.15, -0.1) is 11.3 Å². The lowest BCUT2D eigenvalue weighted by atomic mass is 10.0. The number of nitrogens with two attached hydrogens (primary N) is 1. The number of likely N-dealkylation sites (tertiary alicyclic amines) is 1. The van der Waals surface area contributed by atoms with E-state index in [0.717, 1.165) is 34.3 Å². The number of thiophene rings is 1. The summed E-state index contributed by atoms with van der Waals surface area (Å²) in [6.07, 6.45) is 6.60. The van der Waals surface area contributed by atoms with Gasteiger partial charge in [-0.1, -0.05) is 12.1 Å². The molecular formula is C27H28N8O2S. The number of H-pyrrole nitrogens is 1. The highest BCUT2D eigenvalue weighted by atomic mass is 32.1. The van der Waals surface area contributed by atoms with E-state index in [2.05, 4.69) is 20.5 Å². The summed E-state index contributed by atoms with van der Waals surface area (Å²) in [5.41, 5.74) is 7.81. The fourth-order valence-corrected chi connectivity index (χ4v) is 5.57. The number of nitrogens with zero attached hydrogens (tertiary/aromatic N) is 5. The van der Waals surface area contributed by atoms with Gasteiger partial charge in [-0.05, 0) is 57.0 Å². The van der Waals surface area contributed by atoms with Gasteiger partial charge in [0.15, 0.2) is 0 Å². The van der Waals surface area contributed by atoms with Gasteiger partial charge in [0.25, 0.3) is 11.8 Å². The van der Waals surface area contributed by atoms with Crippen molar-refractivity contribution in [2.24, 2.45) is 5.73 Å². The van der Waals surface area contributed by atoms with Gasteiger partial charge < -0.3 is 15.2 Å². The van der Waals surface area contributed by atoms with Gasteiger partial charge in [-0.3, -0.25) is 20.0 Å². The lowest BCUT2D eigenvalue weighted by Crippen LogP contribution is -2.40. The van der Waals surface area contributed by atoms with E-state index in [1.54, 1.807) is 37.2 Å². The molecule has 0 spiro atoms. The van der Waals surface area contributed by atoms with E-state index < -0.39 is 5.54 Å². The Morgan fingerprint density at radius 3 is 2.87 bits per heavy atom. The van der Waals surface area contributed by atoms with E-state index in [1.807, 2.05) is 41.0 Å². The number of amides is 2. The Morgan fingerprint density at radius 1 is 1.32 bits per heavy atom. The normalized spacial score (nSPS) is 16.1. The van der Waals surface area contributed by atoms with Crippen molar-refractivity contribution in [2.75, 3.05) is 11.9 Å². The Bertz CT molecular complexity index is 1550. The van der Waals surface area contributed by atoms with Crippen LogP contribution in [0.15, 0.2) is 60.4 Å². The number of hydrogen-bond acceptors (Lipinski definition) is 7. The Morgan fingerprint density at radius 2 is 2.13 bits per heavy atom. The lowest BCUT2D eigenvalue weighted by Gasteiger charge is -2.26. The first kappa shape index (κ1) is 25.4. The van der Waals surface area contributed by atoms with E-state index in [4.69, 9.17) is 5.73 Å². The summed E-state index contributed by atoms with van der Waals surface area (Å²) < 4.78 is 1.94. The van der Waals surface area contributed by atoms with Crippen LogP contribution in [0, 0.1) is 11.3 Å². The second-order valence-electron chi connectivity index (χ2n) is 9.93. The molecule has 11 heteroatoms. The Labute approximate surface area is 223 Å². The summed E-state index contributed by atoms with van der Waals surface area (Å²) in [4.78, 5) is 34.4. The molecule has 3 aromatic heterocycles. The Balaban J connectivity index is 1.41. The standard InChI is InChI=1S/C27H28N8O2S/c1-27(2,29)12-17(13-28)25(37)34-11-5-6-19(34)16-35-21-8-4-3-7-20(21)32-26(35)33-24(36)23-10-9-22(38-23)18-14-30-31-15-18/h3-4,7-10,12,14-15,19H,5-6,11,16,29H2,1-2H3,(H,30,31)(H,32,33,36)/b17-12+/t19-/m0/s1. The van der Waals surface area contributed by atoms with Gasteiger partial charge in [0.05, 0.1) is 28.1 Å². The first-order valence-corrected chi connectivity index (χ1v) is 13.1. The summed E-state index contributed by atoms with van der Waals surface area (Å²) in [7, 11) is 0. The number of nitriles is 1. The molecule has 194 valence electrons. The van der Waals surface area contributed by atoms with Crippen molar-refractivity contribution in [2.45, 2.75) is 44.8 Å². The molecule has 5 rings (SSSR count). The predicted molar refractivity (Wildman–Crippen MR) is 146 cm³/mol. The molecule has 0 saturated carbocycles. The van der Waals surface area contributed by atoms with Crippen LogP contribution >= 0.6 is 11.3 Å². The van der Waals surface area contributed by atoms with Crippen molar-refractivity contribution >= 4 is 40.1 Å². The fourth-order valence-electron chi connectivity index (χ4n) is 4.69. The molecule has 1 aliphatic heterocycles. The summed E-state index contributed by atoms with van der Waals surface area (Å²) in [5, 5.41) is 19.4. The maximum absolute atomic E-state index is 13.3. The van der Waals surface area contributed by atoms with Gasteiger partial charge in [-0.25, -0.2) is 4.98 Å². The topological polar surface area (TPSA) is 146 Å². The smallest absolute Gasteiger partial charge is 0.268 e. The van der Waals surface area contributed by atoms with Gasteiger partial charge in [-0.2, -0.15) is 10.4 Å². The van der Waals surface area contributed by atoms with E-state index in [-0.39, 0.29) is 23.4 Å². The van der Waals surface area contributed by atoms with Crippen molar-refractivity contribution in [3.8, 4) is 16.5 Å². The molecule has 4 aromatic rings. The first-order chi connectivity index (χ1) is 18.2. The highest BCUT2D eigenvalue weighted by molar-refractivity contribution is 7.17. The third-order valence-electron chi connectivity index (χ3n) is 6.39. The fraction of sp³-hybridized carbons (Fsp3) is 0.296. The van der Waals surface area contributed by atoms with E-state index in [0.29, 0.717) is 23.9 Å². The van der Waals surface area contributed by atoms with E-state index in [9.17, 15) is 14.9 Å². The molecule has 1 aliphatic rings. The van der Waals surface area contributed by atoms with Crippen LogP contribution in [-0.2, 0) is 11.3 Å². The predicted octanol–water partition coefficient (Wildman–Crippen LogP) is 3.92. The maximum Gasteiger partial charge on any atom is 0.268 e. The number of nitrogens with one attached hydrogen (secondary N) is 2. The minimum absolute atomic E-state index is 0.0412. The van der Waals surface area contributed by atoms with E-state index >= 15 is 0 Å². The quantitative estimate of drug-likeness (QED) is 0.245. The van der Waals surface area contributed by atoms with Crippen molar-refractivity contribution in [1.29, 1.82) is 5.26 Å². The summed E-state index contributed by atoms with van der Waals surface area (Å²) in [5.74, 6) is -0.178. The van der Waals surface area contributed by atoms with Gasteiger partial charge >= 0.3 is 0 Å². The number of hydrogen-bond donors (Lipinski definition) is 3. The average molecular weight is 529 g/mol. The second kappa shape index (κ2) is 10.2. The zero-order valence-corrected chi connectivity index (χ0v) is 22.0. The van der Waals surface area contributed by atoms with Crippen LogP contribution in [0.25, 0.3) is 21.5 Å². The molecule has 1 atom stereocenters. The van der Waals surface area contributed by atoms with E-state index in [1.165, 1.54) is 17.4 Å². The molecule has 4 heterocycles. The molecular weight excluding hydrogens is 500 g/mol. The lowest BCUT2D eigenvalue weighted by molar-refractivity contribution is -0.127. The van der Waals surface area contributed by atoms with Gasteiger partial charge in [0.2, 0.25) is 5.95 Å². The van der Waals surface area contributed by atoms with Crippen LogP contribution in [0.1, 0.15) is 36.4 Å². The number of anilines is 1. The van der Waals surface area contributed by atoms with Crippen LogP contribution in [0.2, 0.25) is 0 Å². The summed E-state index contributed by atoms with van der Waals surface area (Å²) in [6, 6.07) is 13.2. The number of aromatic amines is 1. The molecule has 1 aromatic carbocycles. The molecule has 0 bridgehead atoms. The third-order valence-corrected chi connectivity index (χ3v) is 7.52. The molecule has 1 saturated heterocycles.